The van der Waals surface area contributed by atoms with Gasteiger partial charge in [-0.3, -0.25) is 9.59 Å². The molecule has 3 aliphatic rings. The van der Waals surface area contributed by atoms with Gasteiger partial charge in [0.2, 0.25) is 5.91 Å². The molecule has 1 saturated heterocycles. The molecule has 1 heterocycles. The number of carbonyl (C=O) groups is 2. The average molecular weight is 364 g/mol. The summed E-state index contributed by atoms with van der Waals surface area (Å²) in [6.07, 6.45) is 2.73. The van der Waals surface area contributed by atoms with E-state index in [1.807, 2.05) is 18.2 Å². The summed E-state index contributed by atoms with van der Waals surface area (Å²) in [6.45, 7) is 2.06. The summed E-state index contributed by atoms with van der Waals surface area (Å²) in [5.41, 5.74) is 1.94. The third-order valence-corrected chi connectivity index (χ3v) is 5.99. The molecule has 5 heteroatoms. The van der Waals surface area contributed by atoms with Crippen molar-refractivity contribution in [2.45, 2.75) is 32.3 Å². The number of nitrogens with one attached hydrogen (secondary N) is 1. The van der Waals surface area contributed by atoms with Gasteiger partial charge in [0, 0.05) is 16.1 Å². The van der Waals surface area contributed by atoms with Gasteiger partial charge in [-0.1, -0.05) is 22.9 Å². The number of carbonyl (C=O) groups excluding carboxylic acids is 2. The van der Waals surface area contributed by atoms with Gasteiger partial charge in [0.05, 0.1) is 11.8 Å². The quantitative estimate of drug-likeness (QED) is 0.839. The number of hydrogen-bond donors (Lipinski definition) is 1. The first-order valence-electron chi connectivity index (χ1n) is 7.88. The smallest absolute Gasteiger partial charge is 0.310 e. The summed E-state index contributed by atoms with van der Waals surface area (Å²) in [7, 11) is 0. The Kier molecular flexibility index (Phi) is 3.29. The maximum absolute atomic E-state index is 12.8. The number of amides is 1. The molecule has 22 heavy (non-hydrogen) atoms. The van der Waals surface area contributed by atoms with E-state index in [9.17, 15) is 9.59 Å². The zero-order valence-electron chi connectivity index (χ0n) is 12.3. The monoisotopic (exact) mass is 363 g/mol. The van der Waals surface area contributed by atoms with Gasteiger partial charge in [0.1, 0.15) is 6.10 Å². The molecule has 0 unspecified atom stereocenters. The molecule has 5 atom stereocenters. The molecule has 4 rings (SSSR count). The Morgan fingerprint density at radius 3 is 3.00 bits per heavy atom. The summed E-state index contributed by atoms with van der Waals surface area (Å²) < 4.78 is 6.41. The first-order valence-corrected chi connectivity index (χ1v) is 8.67. The molecular weight excluding hydrogens is 346 g/mol. The Hall–Kier alpha value is -1.36. The summed E-state index contributed by atoms with van der Waals surface area (Å²) in [6, 6.07) is 5.87. The third kappa shape index (κ3) is 2.02. The van der Waals surface area contributed by atoms with Crippen molar-refractivity contribution in [1.29, 1.82) is 0 Å². The Bertz CT molecular complexity index is 657. The Morgan fingerprint density at radius 2 is 2.23 bits per heavy atom. The van der Waals surface area contributed by atoms with Crippen molar-refractivity contribution in [3.8, 4) is 0 Å². The Labute approximate surface area is 137 Å². The summed E-state index contributed by atoms with van der Waals surface area (Å²) >= 11 is 3.46. The second-order valence-corrected chi connectivity index (χ2v) is 7.48. The van der Waals surface area contributed by atoms with Crippen LogP contribution in [0.1, 0.15) is 25.3 Å². The lowest BCUT2D eigenvalue weighted by Gasteiger charge is -2.24. The van der Waals surface area contributed by atoms with Crippen LogP contribution in [-0.4, -0.2) is 18.0 Å². The highest BCUT2D eigenvalue weighted by molar-refractivity contribution is 9.10. The van der Waals surface area contributed by atoms with Crippen molar-refractivity contribution < 1.29 is 14.3 Å². The molecule has 0 aromatic heterocycles. The van der Waals surface area contributed by atoms with E-state index in [1.165, 1.54) is 0 Å². The number of rotatable bonds is 3. The van der Waals surface area contributed by atoms with E-state index in [-0.39, 0.29) is 35.7 Å². The molecule has 116 valence electrons. The molecule has 1 amide bonds. The third-order valence-electron chi connectivity index (χ3n) is 5.49. The molecule has 2 saturated carbocycles. The van der Waals surface area contributed by atoms with Crippen molar-refractivity contribution >= 4 is 33.5 Å². The van der Waals surface area contributed by atoms with Crippen LogP contribution in [-0.2, 0) is 20.7 Å². The van der Waals surface area contributed by atoms with E-state index in [4.69, 9.17) is 4.74 Å². The van der Waals surface area contributed by atoms with Crippen LogP contribution < -0.4 is 5.32 Å². The summed E-state index contributed by atoms with van der Waals surface area (Å²) in [5.74, 6) is -0.0573. The number of fused-ring (bicyclic) bond motifs is 1. The number of hydrogen-bond acceptors (Lipinski definition) is 3. The van der Waals surface area contributed by atoms with Crippen LogP contribution in [0.4, 0.5) is 5.69 Å². The number of halogens is 1. The minimum Gasteiger partial charge on any atom is -0.462 e. The predicted molar refractivity (Wildman–Crippen MR) is 85.2 cm³/mol. The second kappa shape index (κ2) is 5.08. The molecule has 0 spiro atoms. The number of benzene rings is 1. The van der Waals surface area contributed by atoms with Gasteiger partial charge in [0.25, 0.3) is 0 Å². The number of esters is 1. The minimum absolute atomic E-state index is 0.0215. The van der Waals surface area contributed by atoms with Gasteiger partial charge >= 0.3 is 5.97 Å². The van der Waals surface area contributed by atoms with Crippen LogP contribution in [0, 0.1) is 23.7 Å². The normalized spacial score (nSPS) is 34.8. The zero-order valence-corrected chi connectivity index (χ0v) is 13.9. The number of anilines is 1. The van der Waals surface area contributed by atoms with Crippen molar-refractivity contribution in [3.63, 3.8) is 0 Å². The summed E-state index contributed by atoms with van der Waals surface area (Å²) in [5, 5.41) is 3.05. The first-order chi connectivity index (χ1) is 10.6. The van der Waals surface area contributed by atoms with Crippen LogP contribution >= 0.6 is 15.9 Å². The highest BCUT2D eigenvalue weighted by Crippen LogP contribution is 2.57. The van der Waals surface area contributed by atoms with Gasteiger partial charge in [-0.15, -0.1) is 0 Å². The highest BCUT2D eigenvalue weighted by Gasteiger charge is 2.63. The van der Waals surface area contributed by atoms with Crippen LogP contribution in [0.5, 0.6) is 0 Å². The van der Waals surface area contributed by atoms with E-state index < -0.39 is 0 Å². The molecule has 2 bridgehead atoms. The fourth-order valence-corrected chi connectivity index (χ4v) is 4.96. The van der Waals surface area contributed by atoms with E-state index >= 15 is 0 Å². The number of aryl methyl sites for hydroxylation is 1. The van der Waals surface area contributed by atoms with E-state index in [0.717, 1.165) is 35.0 Å². The molecule has 2 aliphatic carbocycles. The maximum atomic E-state index is 12.8. The molecule has 1 aromatic rings. The van der Waals surface area contributed by atoms with E-state index in [1.54, 1.807) is 0 Å². The number of ether oxygens (including phenoxy) is 1. The largest absolute Gasteiger partial charge is 0.462 e. The minimum atomic E-state index is -0.218. The molecule has 3 fully saturated rings. The second-order valence-electron chi connectivity index (χ2n) is 6.57. The van der Waals surface area contributed by atoms with Gasteiger partial charge in [0.15, 0.2) is 0 Å². The zero-order chi connectivity index (χ0) is 15.4. The first kappa shape index (κ1) is 14.2. The molecule has 1 aromatic carbocycles. The fraction of sp³-hybridized carbons (Fsp3) is 0.529. The average Bonchev–Trinajstić information content (AvgIpc) is 3.10. The van der Waals surface area contributed by atoms with Gasteiger partial charge in [-0.2, -0.15) is 0 Å². The van der Waals surface area contributed by atoms with Gasteiger partial charge < -0.3 is 10.1 Å². The van der Waals surface area contributed by atoms with Gasteiger partial charge in [-0.05, 0) is 48.9 Å². The molecule has 1 aliphatic heterocycles. The standard InChI is InChI=1S/C17H18BrNO3/c1-2-8-5-10(18)3-4-12(8)19-16(20)14-9-6-11-13(7-9)22-17(21)15(11)14/h3-5,9,11,13-15H,2,6-7H2,1H3,(H,19,20)/t9-,11+,13-,14+,15+/m1/s1. The van der Waals surface area contributed by atoms with Gasteiger partial charge in [-0.25, -0.2) is 0 Å². The molecule has 4 nitrogen and oxygen atoms in total. The lowest BCUT2D eigenvalue weighted by Crippen LogP contribution is -2.36. The summed E-state index contributed by atoms with van der Waals surface area (Å²) in [4.78, 5) is 24.8. The van der Waals surface area contributed by atoms with E-state index in [2.05, 4.69) is 28.2 Å². The fourth-order valence-electron chi connectivity index (χ4n) is 4.56. The van der Waals surface area contributed by atoms with Crippen molar-refractivity contribution in [1.82, 2.24) is 0 Å². The van der Waals surface area contributed by atoms with E-state index in [0.29, 0.717) is 5.92 Å². The maximum Gasteiger partial charge on any atom is 0.310 e. The van der Waals surface area contributed by atoms with Crippen LogP contribution in [0.3, 0.4) is 0 Å². The lowest BCUT2D eigenvalue weighted by molar-refractivity contribution is -0.145. The van der Waals surface area contributed by atoms with Crippen LogP contribution in [0.25, 0.3) is 0 Å². The predicted octanol–water partition coefficient (Wildman–Crippen LogP) is 3.15. The van der Waals surface area contributed by atoms with Crippen molar-refractivity contribution in [2.75, 3.05) is 5.32 Å². The van der Waals surface area contributed by atoms with Crippen molar-refractivity contribution in [2.24, 2.45) is 23.7 Å². The topological polar surface area (TPSA) is 55.4 Å². The van der Waals surface area contributed by atoms with Crippen LogP contribution in [0.2, 0.25) is 0 Å². The molecular formula is C17H18BrNO3. The molecule has 1 N–H and O–H groups in total. The SMILES string of the molecule is CCc1cc(Br)ccc1NC(=O)[C@H]1[C@@H]2C[C@@H]3[C@@H]1C(=O)O[C@@H]3C2. The Morgan fingerprint density at radius 1 is 1.41 bits per heavy atom. The molecule has 0 radical (unpaired) electrons. The van der Waals surface area contributed by atoms with Crippen molar-refractivity contribution in [3.05, 3.63) is 28.2 Å². The van der Waals surface area contributed by atoms with Crippen LogP contribution in [0.15, 0.2) is 22.7 Å². The Balaban J connectivity index is 1.57. The highest BCUT2D eigenvalue weighted by atomic mass is 79.9. The lowest BCUT2D eigenvalue weighted by atomic mass is 9.79.